The molecule has 0 aliphatic rings. The molecule has 2 rings (SSSR count). The molecule has 0 aliphatic heterocycles. The number of carboxylic acid groups (broad SMARTS) is 1. The molecule has 0 fully saturated rings. The second-order valence-corrected chi connectivity index (χ2v) is 4.61. The van der Waals surface area contributed by atoms with Crippen molar-refractivity contribution in [3.05, 3.63) is 51.6 Å². The minimum absolute atomic E-state index is 0.125. The van der Waals surface area contributed by atoms with Gasteiger partial charge < -0.3 is 5.11 Å². The van der Waals surface area contributed by atoms with Gasteiger partial charge in [-0.3, -0.25) is 0 Å². The highest BCUT2D eigenvalue weighted by atomic mass is 35.5. The molecule has 0 atom stereocenters. The molecule has 92 valence electrons. The van der Waals surface area contributed by atoms with Crippen molar-refractivity contribution in [2.75, 3.05) is 0 Å². The minimum atomic E-state index is -1.14. The van der Waals surface area contributed by atoms with Crippen LogP contribution in [0.5, 0.6) is 0 Å². The maximum atomic E-state index is 10.9. The lowest BCUT2D eigenvalue weighted by Crippen LogP contribution is -2.02. The Kier molecular flexibility index (Phi) is 3.55. The van der Waals surface area contributed by atoms with E-state index in [1.807, 2.05) is 31.2 Å². The highest BCUT2D eigenvalue weighted by Crippen LogP contribution is 2.32. The third-order valence-electron chi connectivity index (χ3n) is 2.46. The van der Waals surface area contributed by atoms with E-state index >= 15 is 0 Å². The first-order chi connectivity index (χ1) is 8.49. The molecule has 1 N–H and O–H groups in total. The van der Waals surface area contributed by atoms with Crippen LogP contribution in [0, 0.1) is 6.92 Å². The van der Waals surface area contributed by atoms with Crippen LogP contribution in [0.15, 0.2) is 30.3 Å². The number of nitrogens with zero attached hydrogens (tertiary/aromatic N) is 1. The minimum Gasteiger partial charge on any atom is -0.477 e. The Bertz CT molecular complexity index is 609. The highest BCUT2D eigenvalue weighted by Gasteiger charge is 2.14. The predicted molar refractivity (Wildman–Crippen MR) is 71.4 cm³/mol. The fourth-order valence-electron chi connectivity index (χ4n) is 1.51. The van der Waals surface area contributed by atoms with Crippen molar-refractivity contribution in [1.82, 2.24) is 4.98 Å². The molecule has 0 unspecified atom stereocenters. The Morgan fingerprint density at radius 2 is 1.83 bits per heavy atom. The molecule has 18 heavy (non-hydrogen) atoms. The lowest BCUT2D eigenvalue weighted by atomic mass is 10.1. The van der Waals surface area contributed by atoms with E-state index in [-0.39, 0.29) is 15.7 Å². The molecule has 1 aromatic carbocycles. The van der Waals surface area contributed by atoms with Crippen LogP contribution >= 0.6 is 23.2 Å². The van der Waals surface area contributed by atoms with Gasteiger partial charge in [0.25, 0.3) is 0 Å². The van der Waals surface area contributed by atoms with Gasteiger partial charge in [0.1, 0.15) is 5.69 Å². The Morgan fingerprint density at radius 3 is 2.39 bits per heavy atom. The largest absolute Gasteiger partial charge is 0.477 e. The smallest absolute Gasteiger partial charge is 0.354 e. The van der Waals surface area contributed by atoms with Gasteiger partial charge in [0.05, 0.1) is 15.7 Å². The zero-order valence-electron chi connectivity index (χ0n) is 9.45. The van der Waals surface area contributed by atoms with Crippen molar-refractivity contribution in [2.24, 2.45) is 0 Å². The summed E-state index contributed by atoms with van der Waals surface area (Å²) >= 11 is 12.0. The van der Waals surface area contributed by atoms with Crippen molar-refractivity contribution < 1.29 is 9.90 Å². The number of carbonyl (C=O) groups is 1. The van der Waals surface area contributed by atoms with Crippen molar-refractivity contribution in [3.63, 3.8) is 0 Å². The molecule has 0 radical (unpaired) electrons. The van der Waals surface area contributed by atoms with E-state index in [1.165, 1.54) is 6.07 Å². The Hall–Kier alpha value is -1.58. The number of aromatic nitrogens is 1. The highest BCUT2D eigenvalue weighted by molar-refractivity contribution is 6.43. The topological polar surface area (TPSA) is 50.2 Å². The van der Waals surface area contributed by atoms with Crippen LogP contribution in [0.4, 0.5) is 0 Å². The lowest BCUT2D eigenvalue weighted by Gasteiger charge is -2.07. The molecule has 0 bridgehead atoms. The molecule has 2 aromatic rings. The summed E-state index contributed by atoms with van der Waals surface area (Å²) in [6.07, 6.45) is 0. The van der Waals surface area contributed by atoms with Crippen LogP contribution in [-0.4, -0.2) is 16.1 Å². The molecular formula is C13H9Cl2NO2. The van der Waals surface area contributed by atoms with E-state index in [2.05, 4.69) is 4.98 Å². The quantitative estimate of drug-likeness (QED) is 0.903. The van der Waals surface area contributed by atoms with Crippen LogP contribution in [0.2, 0.25) is 10.0 Å². The monoisotopic (exact) mass is 281 g/mol. The number of carboxylic acids is 1. The normalized spacial score (nSPS) is 10.4. The van der Waals surface area contributed by atoms with Crippen LogP contribution in [0.1, 0.15) is 16.1 Å². The standard InChI is InChI=1S/C13H9Cl2NO2/c1-7-2-4-8(5-3-7)12-11(15)9(14)6-10(16-12)13(17)18/h2-6H,1H3,(H,17,18). The van der Waals surface area contributed by atoms with E-state index in [0.717, 1.165) is 11.1 Å². The molecule has 0 spiro atoms. The first-order valence-corrected chi connectivity index (χ1v) is 5.91. The van der Waals surface area contributed by atoms with E-state index in [1.54, 1.807) is 0 Å². The summed E-state index contributed by atoms with van der Waals surface area (Å²) in [5, 5.41) is 9.39. The summed E-state index contributed by atoms with van der Waals surface area (Å²) in [6, 6.07) is 8.68. The number of hydrogen-bond donors (Lipinski definition) is 1. The van der Waals surface area contributed by atoms with Crippen LogP contribution in [-0.2, 0) is 0 Å². The van der Waals surface area contributed by atoms with Gasteiger partial charge >= 0.3 is 5.97 Å². The average molecular weight is 282 g/mol. The molecule has 1 aromatic heterocycles. The number of halogens is 2. The van der Waals surface area contributed by atoms with Gasteiger partial charge in [-0.25, -0.2) is 9.78 Å². The zero-order chi connectivity index (χ0) is 13.3. The Labute approximate surface area is 114 Å². The van der Waals surface area contributed by atoms with Crippen molar-refractivity contribution >= 4 is 29.2 Å². The SMILES string of the molecule is Cc1ccc(-c2nc(C(=O)O)cc(Cl)c2Cl)cc1. The molecule has 3 nitrogen and oxygen atoms in total. The fraction of sp³-hybridized carbons (Fsp3) is 0.0769. The van der Waals surface area contributed by atoms with Crippen LogP contribution in [0.3, 0.4) is 0 Å². The van der Waals surface area contributed by atoms with Crippen LogP contribution < -0.4 is 0 Å². The molecular weight excluding hydrogens is 273 g/mol. The molecule has 0 amide bonds. The summed E-state index contributed by atoms with van der Waals surface area (Å²) in [6.45, 7) is 1.96. The maximum absolute atomic E-state index is 10.9. The average Bonchev–Trinajstić information content (AvgIpc) is 2.33. The fourth-order valence-corrected chi connectivity index (χ4v) is 1.91. The van der Waals surface area contributed by atoms with E-state index in [9.17, 15) is 4.79 Å². The van der Waals surface area contributed by atoms with Crippen molar-refractivity contribution in [1.29, 1.82) is 0 Å². The van der Waals surface area contributed by atoms with E-state index < -0.39 is 5.97 Å². The number of rotatable bonds is 2. The van der Waals surface area contributed by atoms with Crippen molar-refractivity contribution in [3.8, 4) is 11.3 Å². The maximum Gasteiger partial charge on any atom is 0.354 e. The summed E-state index contributed by atoms with van der Waals surface area (Å²) in [7, 11) is 0. The predicted octanol–water partition coefficient (Wildman–Crippen LogP) is 4.06. The molecule has 0 saturated heterocycles. The van der Waals surface area contributed by atoms with Gasteiger partial charge in [-0.1, -0.05) is 53.0 Å². The Morgan fingerprint density at radius 1 is 1.22 bits per heavy atom. The van der Waals surface area contributed by atoms with Crippen LogP contribution in [0.25, 0.3) is 11.3 Å². The Balaban J connectivity index is 2.62. The molecule has 0 saturated carbocycles. The molecule has 1 heterocycles. The number of pyridine rings is 1. The van der Waals surface area contributed by atoms with Crippen molar-refractivity contribution in [2.45, 2.75) is 6.92 Å². The number of aryl methyl sites for hydroxylation is 1. The van der Waals surface area contributed by atoms with Gasteiger partial charge in [0.2, 0.25) is 0 Å². The summed E-state index contributed by atoms with van der Waals surface area (Å²) in [4.78, 5) is 15.0. The summed E-state index contributed by atoms with van der Waals surface area (Å²) in [5.74, 6) is -1.14. The van der Waals surface area contributed by atoms with E-state index in [4.69, 9.17) is 28.3 Å². The number of aromatic carboxylic acids is 1. The lowest BCUT2D eigenvalue weighted by molar-refractivity contribution is 0.0690. The second kappa shape index (κ2) is 4.96. The molecule has 5 heteroatoms. The third-order valence-corrected chi connectivity index (χ3v) is 3.23. The summed E-state index contributed by atoms with van der Waals surface area (Å²) < 4.78 is 0. The zero-order valence-corrected chi connectivity index (χ0v) is 11.0. The number of hydrogen-bond acceptors (Lipinski definition) is 2. The number of benzene rings is 1. The first-order valence-electron chi connectivity index (χ1n) is 5.15. The van der Waals surface area contributed by atoms with Gasteiger partial charge in [-0.2, -0.15) is 0 Å². The molecule has 0 aliphatic carbocycles. The van der Waals surface area contributed by atoms with Gasteiger partial charge in [-0.15, -0.1) is 0 Å². The van der Waals surface area contributed by atoms with Gasteiger partial charge in [-0.05, 0) is 13.0 Å². The summed E-state index contributed by atoms with van der Waals surface area (Å²) in [5.41, 5.74) is 2.08. The van der Waals surface area contributed by atoms with E-state index in [0.29, 0.717) is 5.69 Å². The third kappa shape index (κ3) is 2.47. The first kappa shape index (κ1) is 12.9. The van der Waals surface area contributed by atoms with Gasteiger partial charge in [0.15, 0.2) is 0 Å². The second-order valence-electron chi connectivity index (χ2n) is 3.82. The van der Waals surface area contributed by atoms with Gasteiger partial charge in [0, 0.05) is 5.56 Å².